The number of carbonyl (C=O) groups excluding carboxylic acids is 1. The molecule has 0 unspecified atom stereocenters. The van der Waals surface area contributed by atoms with E-state index in [4.69, 9.17) is 21.8 Å². The fraction of sp³-hybridized carbons (Fsp3) is 0.643. The van der Waals surface area contributed by atoms with Gasteiger partial charge in [-0.05, 0) is 12.0 Å². The zero-order chi connectivity index (χ0) is 19.6. The second-order valence-corrected chi connectivity index (χ2v) is 5.91. The molecule has 1 saturated heterocycles. The van der Waals surface area contributed by atoms with Crippen molar-refractivity contribution < 1.29 is 31.1 Å². The average molecular weight is 359 g/mol. The van der Waals surface area contributed by atoms with Gasteiger partial charge < -0.3 is 25.4 Å². The number of anilines is 1. The van der Waals surface area contributed by atoms with Gasteiger partial charge >= 0.3 is 11.7 Å². The minimum Gasteiger partial charge on any atom is -0.462 e. The standard InChI is InChI=1S/C14H22N4O7/c1-6(2)9(15)13(21)24-5-7-10(19)11(20)12(25-7)18-4-3-8(17-23)16-14(18)22/h3-4,6-7,9-12,19-20,23H,5,15H2,1-2H3,(H,16,17,22)/t7-,9-,10-,11-,12-/m1/s1/i12D. The summed E-state index contributed by atoms with van der Waals surface area (Å²) in [5.74, 6) is -1.05. The first kappa shape index (κ1) is 17.8. The first-order valence-corrected chi connectivity index (χ1v) is 7.58. The van der Waals surface area contributed by atoms with Gasteiger partial charge in [-0.1, -0.05) is 13.8 Å². The van der Waals surface area contributed by atoms with Gasteiger partial charge in [0.1, 0.15) is 31.0 Å². The number of aromatic nitrogens is 2. The summed E-state index contributed by atoms with van der Waals surface area (Å²) in [6.45, 7) is 3.00. The van der Waals surface area contributed by atoms with Crippen molar-refractivity contribution in [1.82, 2.24) is 9.55 Å². The highest BCUT2D eigenvalue weighted by atomic mass is 16.6. The highest BCUT2D eigenvalue weighted by Gasteiger charge is 2.44. The molecule has 11 nitrogen and oxygen atoms in total. The summed E-state index contributed by atoms with van der Waals surface area (Å²) >= 11 is 0. The molecule has 1 fully saturated rings. The van der Waals surface area contributed by atoms with Crippen LogP contribution in [0.2, 0.25) is 0 Å². The fourth-order valence-electron chi connectivity index (χ4n) is 2.14. The smallest absolute Gasteiger partial charge is 0.351 e. The van der Waals surface area contributed by atoms with Gasteiger partial charge in [0.25, 0.3) is 0 Å². The number of ether oxygens (including phenoxy) is 2. The Labute approximate surface area is 144 Å². The van der Waals surface area contributed by atoms with Crippen molar-refractivity contribution in [3.63, 3.8) is 0 Å². The van der Waals surface area contributed by atoms with E-state index in [1.807, 2.05) is 0 Å². The van der Waals surface area contributed by atoms with Crippen LogP contribution in [0, 0.1) is 5.92 Å². The predicted octanol–water partition coefficient (Wildman–Crippen LogP) is -1.81. The van der Waals surface area contributed by atoms with Crippen molar-refractivity contribution in [3.8, 4) is 0 Å². The number of nitrogens with two attached hydrogens (primary N) is 1. The number of nitrogens with zero attached hydrogens (tertiary/aromatic N) is 2. The van der Waals surface area contributed by atoms with Crippen molar-refractivity contribution in [3.05, 3.63) is 22.7 Å². The van der Waals surface area contributed by atoms with E-state index in [9.17, 15) is 19.8 Å². The lowest BCUT2D eigenvalue weighted by Gasteiger charge is -2.18. The van der Waals surface area contributed by atoms with Crippen molar-refractivity contribution >= 4 is 11.8 Å². The Bertz CT molecular complexity index is 715. The predicted molar refractivity (Wildman–Crippen MR) is 83.6 cm³/mol. The van der Waals surface area contributed by atoms with Crippen LogP contribution < -0.4 is 16.9 Å². The molecule has 5 atom stereocenters. The molecule has 0 saturated carbocycles. The van der Waals surface area contributed by atoms with Crippen LogP contribution in [0.25, 0.3) is 0 Å². The van der Waals surface area contributed by atoms with E-state index in [1.165, 1.54) is 0 Å². The highest BCUT2D eigenvalue weighted by molar-refractivity contribution is 5.75. The number of aliphatic hydroxyl groups is 2. The van der Waals surface area contributed by atoms with Gasteiger partial charge in [0.15, 0.2) is 12.0 Å². The molecule has 1 aromatic heterocycles. The maximum atomic E-state index is 12.0. The first-order valence-electron chi connectivity index (χ1n) is 8.08. The van der Waals surface area contributed by atoms with Gasteiger partial charge in [-0.3, -0.25) is 20.0 Å². The first-order chi connectivity index (χ1) is 12.1. The monoisotopic (exact) mass is 359 g/mol. The minimum absolute atomic E-state index is 0.166. The lowest BCUT2D eigenvalue weighted by Crippen LogP contribution is -2.40. The molecule has 140 valence electrons. The van der Waals surface area contributed by atoms with Crippen LogP contribution >= 0.6 is 0 Å². The molecule has 1 aliphatic rings. The summed E-state index contributed by atoms with van der Waals surface area (Å²) in [5.41, 5.74) is 6.32. The Morgan fingerprint density at radius 1 is 1.56 bits per heavy atom. The van der Waals surface area contributed by atoms with E-state index in [1.54, 1.807) is 19.3 Å². The highest BCUT2D eigenvalue weighted by Crippen LogP contribution is 2.28. The van der Waals surface area contributed by atoms with Gasteiger partial charge in [-0.2, -0.15) is 4.98 Å². The molecular weight excluding hydrogens is 336 g/mol. The molecule has 1 aromatic rings. The normalized spacial score (nSPS) is 30.8. The van der Waals surface area contributed by atoms with Gasteiger partial charge in [0, 0.05) is 6.20 Å². The average Bonchev–Trinajstić information content (AvgIpc) is 2.83. The maximum absolute atomic E-state index is 12.0. The Balaban J connectivity index is 2.16. The van der Waals surface area contributed by atoms with E-state index in [2.05, 4.69) is 4.98 Å². The molecule has 0 aliphatic carbocycles. The zero-order valence-electron chi connectivity index (χ0n) is 14.7. The zero-order valence-corrected chi connectivity index (χ0v) is 13.7. The number of carbonyl (C=O) groups is 1. The minimum atomic E-state index is -2.39. The molecule has 2 heterocycles. The van der Waals surface area contributed by atoms with Crippen LogP contribution in [0.5, 0.6) is 0 Å². The lowest BCUT2D eigenvalue weighted by atomic mass is 10.1. The number of nitrogens with one attached hydrogen (secondary N) is 1. The van der Waals surface area contributed by atoms with Crippen molar-refractivity contribution in [1.29, 1.82) is 0 Å². The Morgan fingerprint density at radius 3 is 2.80 bits per heavy atom. The molecule has 0 amide bonds. The van der Waals surface area contributed by atoms with E-state index in [0.717, 1.165) is 12.3 Å². The fourth-order valence-corrected chi connectivity index (χ4v) is 2.14. The van der Waals surface area contributed by atoms with E-state index in [-0.39, 0.29) is 11.7 Å². The van der Waals surface area contributed by atoms with Crippen LogP contribution in [0.4, 0.5) is 5.82 Å². The summed E-state index contributed by atoms with van der Waals surface area (Å²) in [6, 6.07) is 0.291. The Morgan fingerprint density at radius 2 is 2.24 bits per heavy atom. The molecular formula is C14H22N4O7. The van der Waals surface area contributed by atoms with E-state index in [0.29, 0.717) is 4.57 Å². The van der Waals surface area contributed by atoms with E-state index < -0.39 is 48.8 Å². The number of hydrogen-bond acceptors (Lipinski definition) is 10. The van der Waals surface area contributed by atoms with Gasteiger partial charge in [-0.25, -0.2) is 4.79 Å². The number of rotatable bonds is 6. The SMILES string of the molecule is [2H][C@@]1(n2ccc(NO)nc2=O)O[C@H](COC(=O)[C@H](N)C(C)C)[C@@H](O)[C@H]1O. The third-order valence-corrected chi connectivity index (χ3v) is 3.77. The van der Waals surface area contributed by atoms with Gasteiger partial charge in [0.2, 0.25) is 0 Å². The van der Waals surface area contributed by atoms with Gasteiger partial charge in [0.05, 0.1) is 1.37 Å². The second-order valence-electron chi connectivity index (χ2n) is 5.91. The van der Waals surface area contributed by atoms with Gasteiger partial charge in [-0.15, -0.1) is 0 Å². The molecule has 1 aliphatic heterocycles. The molecule has 0 aromatic carbocycles. The van der Waals surface area contributed by atoms with E-state index >= 15 is 0 Å². The third-order valence-electron chi connectivity index (χ3n) is 3.77. The van der Waals surface area contributed by atoms with Crippen molar-refractivity contribution in [2.75, 3.05) is 12.1 Å². The van der Waals surface area contributed by atoms with Crippen LogP contribution in [0.1, 0.15) is 21.4 Å². The third kappa shape index (κ3) is 4.14. The number of aliphatic hydroxyl groups excluding tert-OH is 2. The number of hydrogen-bond donors (Lipinski definition) is 5. The molecule has 0 bridgehead atoms. The molecule has 0 radical (unpaired) electrons. The largest absolute Gasteiger partial charge is 0.462 e. The lowest BCUT2D eigenvalue weighted by molar-refractivity contribution is -0.152. The van der Waals surface area contributed by atoms with Crippen LogP contribution in [0.3, 0.4) is 0 Å². The van der Waals surface area contributed by atoms with Crippen LogP contribution in [-0.4, -0.2) is 61.9 Å². The summed E-state index contributed by atoms with van der Waals surface area (Å²) in [4.78, 5) is 27.2. The second kappa shape index (κ2) is 7.89. The molecule has 0 spiro atoms. The summed E-state index contributed by atoms with van der Waals surface area (Å²) in [5, 5.41) is 29.0. The molecule has 6 N–H and O–H groups in total. The van der Waals surface area contributed by atoms with Crippen LogP contribution in [0.15, 0.2) is 17.1 Å². The van der Waals surface area contributed by atoms with Crippen LogP contribution in [-0.2, 0) is 14.3 Å². The molecule has 11 heteroatoms. The maximum Gasteiger partial charge on any atom is 0.351 e. The Kier molecular flexibility index (Phi) is 5.60. The summed E-state index contributed by atoms with van der Waals surface area (Å²) in [7, 11) is 0. The summed E-state index contributed by atoms with van der Waals surface area (Å²) in [6.07, 6.45) is -6.02. The quantitative estimate of drug-likeness (QED) is 0.288. The molecule has 2 rings (SSSR count). The Hall–Kier alpha value is -2.05. The van der Waals surface area contributed by atoms with Crippen molar-refractivity contribution in [2.24, 2.45) is 11.7 Å². The summed E-state index contributed by atoms with van der Waals surface area (Å²) < 4.78 is 19.1. The topological polar surface area (TPSA) is 169 Å². The molecule has 25 heavy (non-hydrogen) atoms. The van der Waals surface area contributed by atoms with Crippen molar-refractivity contribution in [2.45, 2.75) is 44.4 Å². The number of esters is 1.